The van der Waals surface area contributed by atoms with Crippen LogP contribution in [-0.4, -0.2) is 18.6 Å². The van der Waals surface area contributed by atoms with Crippen LogP contribution in [0.1, 0.15) is 25.8 Å². The lowest BCUT2D eigenvalue weighted by molar-refractivity contribution is -0.274. The van der Waals surface area contributed by atoms with Crippen molar-refractivity contribution in [3.05, 3.63) is 60.3 Å². The van der Waals surface area contributed by atoms with Crippen molar-refractivity contribution in [2.45, 2.75) is 26.6 Å². The zero-order valence-electron chi connectivity index (χ0n) is 13.7. The van der Waals surface area contributed by atoms with E-state index in [2.05, 4.69) is 16.6 Å². The van der Waals surface area contributed by atoms with Gasteiger partial charge in [-0.15, -0.1) is 13.2 Å². The highest BCUT2D eigenvalue weighted by molar-refractivity contribution is 6.11. The molecule has 0 aliphatic carbocycles. The van der Waals surface area contributed by atoms with E-state index < -0.39 is 6.36 Å². The lowest BCUT2D eigenvalue weighted by Gasteiger charge is -2.15. The van der Waals surface area contributed by atoms with Crippen LogP contribution in [0, 0.1) is 5.41 Å². The van der Waals surface area contributed by atoms with Gasteiger partial charge in [-0.2, -0.15) is 0 Å². The molecule has 0 bridgehead atoms. The SMILES string of the molecule is C=C/C(=C(/NCC)C(=N)/C=C\CC)c1ccc(OC(F)(F)F)cc1. The highest BCUT2D eigenvalue weighted by atomic mass is 19.4. The van der Waals surface area contributed by atoms with E-state index in [-0.39, 0.29) is 11.5 Å². The van der Waals surface area contributed by atoms with Crippen molar-refractivity contribution in [1.82, 2.24) is 5.32 Å². The summed E-state index contributed by atoms with van der Waals surface area (Å²) in [6.07, 6.45) is 1.20. The molecule has 130 valence electrons. The number of halogens is 3. The van der Waals surface area contributed by atoms with E-state index in [4.69, 9.17) is 5.41 Å². The van der Waals surface area contributed by atoms with E-state index in [0.717, 1.165) is 6.42 Å². The average Bonchev–Trinajstić information content (AvgIpc) is 2.52. The lowest BCUT2D eigenvalue weighted by Crippen LogP contribution is -2.20. The number of alkyl halides is 3. The Balaban J connectivity index is 3.22. The van der Waals surface area contributed by atoms with Crippen molar-refractivity contribution < 1.29 is 17.9 Å². The lowest BCUT2D eigenvalue weighted by atomic mass is 10.0. The van der Waals surface area contributed by atoms with Gasteiger partial charge in [0, 0.05) is 12.1 Å². The zero-order valence-corrected chi connectivity index (χ0v) is 13.7. The summed E-state index contributed by atoms with van der Waals surface area (Å²) in [5.74, 6) is -0.291. The molecule has 0 spiro atoms. The van der Waals surface area contributed by atoms with Crippen molar-refractivity contribution in [3.63, 3.8) is 0 Å². The Morgan fingerprint density at radius 2 is 1.88 bits per heavy atom. The van der Waals surface area contributed by atoms with Gasteiger partial charge in [-0.25, -0.2) is 0 Å². The zero-order chi connectivity index (χ0) is 18.2. The summed E-state index contributed by atoms with van der Waals surface area (Å²) in [6.45, 7) is 8.22. The summed E-state index contributed by atoms with van der Waals surface area (Å²) in [5, 5.41) is 11.3. The number of hydrogen-bond acceptors (Lipinski definition) is 3. The Kier molecular flexibility index (Phi) is 7.30. The third-order valence-corrected chi connectivity index (χ3v) is 3.02. The molecule has 0 aliphatic rings. The molecule has 6 heteroatoms. The molecule has 0 fully saturated rings. The first kappa shape index (κ1) is 19.5. The van der Waals surface area contributed by atoms with Crippen molar-refractivity contribution in [2.75, 3.05) is 6.54 Å². The molecule has 1 rings (SSSR count). The minimum absolute atomic E-state index is 0.282. The fourth-order valence-electron chi connectivity index (χ4n) is 2.03. The number of allylic oxidation sites excluding steroid dienone is 4. The summed E-state index contributed by atoms with van der Waals surface area (Å²) in [4.78, 5) is 0. The minimum atomic E-state index is -4.72. The highest BCUT2D eigenvalue weighted by Gasteiger charge is 2.31. The molecule has 0 atom stereocenters. The average molecular weight is 338 g/mol. The summed E-state index contributed by atoms with van der Waals surface area (Å²) in [7, 11) is 0. The summed E-state index contributed by atoms with van der Waals surface area (Å²) >= 11 is 0. The third-order valence-electron chi connectivity index (χ3n) is 3.02. The molecule has 24 heavy (non-hydrogen) atoms. The van der Waals surface area contributed by atoms with Crippen LogP contribution in [0.15, 0.2) is 54.8 Å². The molecule has 0 radical (unpaired) electrons. The van der Waals surface area contributed by atoms with Crippen LogP contribution >= 0.6 is 0 Å². The molecule has 0 saturated heterocycles. The summed E-state index contributed by atoms with van der Waals surface area (Å²) in [5.41, 5.74) is 2.14. The second-order valence-electron chi connectivity index (χ2n) is 4.82. The van der Waals surface area contributed by atoms with Crippen molar-refractivity contribution in [3.8, 4) is 5.75 Å². The minimum Gasteiger partial charge on any atom is -0.406 e. The van der Waals surface area contributed by atoms with Gasteiger partial charge in [0.25, 0.3) is 0 Å². The van der Waals surface area contributed by atoms with Gasteiger partial charge >= 0.3 is 6.36 Å². The second kappa shape index (κ2) is 8.96. The Morgan fingerprint density at radius 3 is 2.33 bits per heavy atom. The van der Waals surface area contributed by atoms with Crippen molar-refractivity contribution in [1.29, 1.82) is 5.41 Å². The van der Waals surface area contributed by atoms with Gasteiger partial charge in [-0.1, -0.05) is 37.8 Å². The molecule has 0 aromatic heterocycles. The summed E-state index contributed by atoms with van der Waals surface area (Å²) < 4.78 is 40.5. The van der Waals surface area contributed by atoms with Crippen LogP contribution in [0.4, 0.5) is 13.2 Å². The molecule has 0 aliphatic heterocycles. The Labute approximate surface area is 140 Å². The van der Waals surface area contributed by atoms with Gasteiger partial charge in [0.2, 0.25) is 0 Å². The molecule has 1 aromatic rings. The fraction of sp³-hybridized carbons (Fsp3) is 0.278. The van der Waals surface area contributed by atoms with Crippen LogP contribution in [-0.2, 0) is 0 Å². The van der Waals surface area contributed by atoms with E-state index in [1.54, 1.807) is 12.2 Å². The second-order valence-corrected chi connectivity index (χ2v) is 4.82. The highest BCUT2D eigenvalue weighted by Crippen LogP contribution is 2.26. The van der Waals surface area contributed by atoms with Gasteiger partial charge in [-0.3, -0.25) is 5.41 Å². The van der Waals surface area contributed by atoms with Gasteiger partial charge in [-0.05, 0) is 37.1 Å². The van der Waals surface area contributed by atoms with Gasteiger partial charge in [0.1, 0.15) is 5.75 Å². The van der Waals surface area contributed by atoms with Gasteiger partial charge < -0.3 is 10.1 Å². The number of rotatable bonds is 8. The van der Waals surface area contributed by atoms with Crippen LogP contribution in [0.3, 0.4) is 0 Å². The van der Waals surface area contributed by atoms with Crippen LogP contribution in [0.2, 0.25) is 0 Å². The third kappa shape index (κ3) is 5.95. The molecule has 3 nitrogen and oxygen atoms in total. The van der Waals surface area contributed by atoms with E-state index in [1.807, 2.05) is 19.9 Å². The molecule has 0 heterocycles. The maximum Gasteiger partial charge on any atom is 0.573 e. The van der Waals surface area contributed by atoms with Crippen LogP contribution in [0.5, 0.6) is 5.75 Å². The predicted octanol–water partition coefficient (Wildman–Crippen LogP) is 5.08. The molecular formula is C18H21F3N2O. The predicted molar refractivity (Wildman–Crippen MR) is 91.1 cm³/mol. The quantitative estimate of drug-likeness (QED) is 0.513. The van der Waals surface area contributed by atoms with Gasteiger partial charge in [0.15, 0.2) is 0 Å². The smallest absolute Gasteiger partial charge is 0.406 e. The molecule has 0 amide bonds. The first-order chi connectivity index (χ1) is 11.3. The Bertz CT molecular complexity index is 629. The molecule has 1 aromatic carbocycles. The molecule has 2 N–H and O–H groups in total. The molecule has 0 unspecified atom stereocenters. The monoisotopic (exact) mass is 338 g/mol. The largest absolute Gasteiger partial charge is 0.573 e. The van der Waals surface area contributed by atoms with Crippen molar-refractivity contribution >= 4 is 11.3 Å². The maximum atomic E-state index is 12.2. The van der Waals surface area contributed by atoms with Crippen molar-refractivity contribution in [2.24, 2.45) is 0 Å². The summed E-state index contributed by atoms with van der Waals surface area (Å²) in [6, 6.07) is 5.49. The Hall–Kier alpha value is -2.50. The van der Waals surface area contributed by atoms with Crippen LogP contribution in [0.25, 0.3) is 5.57 Å². The van der Waals surface area contributed by atoms with E-state index in [1.165, 1.54) is 24.3 Å². The number of hydrogen-bond donors (Lipinski definition) is 2. The Morgan fingerprint density at radius 1 is 1.25 bits per heavy atom. The number of ether oxygens (including phenoxy) is 1. The first-order valence-corrected chi connectivity index (χ1v) is 7.54. The van der Waals surface area contributed by atoms with E-state index in [9.17, 15) is 13.2 Å². The van der Waals surface area contributed by atoms with Crippen LogP contribution < -0.4 is 10.1 Å². The van der Waals surface area contributed by atoms with E-state index >= 15 is 0 Å². The maximum absolute atomic E-state index is 12.2. The fourth-order valence-corrected chi connectivity index (χ4v) is 2.03. The standard InChI is InChI=1S/C18H21F3N2O/c1-4-7-8-16(22)17(23-6-3)15(5-2)13-9-11-14(12-10-13)24-18(19,20)21/h5,7-12,22-23H,2,4,6H2,1,3H3/b8-7-,17-15-,22-16?. The normalized spacial score (nSPS) is 12.7. The first-order valence-electron chi connectivity index (χ1n) is 7.54. The number of benzene rings is 1. The molecular weight excluding hydrogens is 317 g/mol. The number of nitrogens with one attached hydrogen (secondary N) is 2. The topological polar surface area (TPSA) is 45.1 Å². The van der Waals surface area contributed by atoms with E-state index in [0.29, 0.717) is 23.4 Å². The molecule has 0 saturated carbocycles. The van der Waals surface area contributed by atoms with Gasteiger partial charge in [0.05, 0.1) is 11.4 Å².